The van der Waals surface area contributed by atoms with Gasteiger partial charge in [0.05, 0.1) is 6.54 Å². The molecular weight excluding hydrogens is 318 g/mol. The number of ether oxygens (including phenoxy) is 1. The second-order valence-electron chi connectivity index (χ2n) is 5.97. The van der Waals surface area contributed by atoms with Crippen LogP contribution in [0.3, 0.4) is 0 Å². The number of rotatable bonds is 4. The van der Waals surface area contributed by atoms with Crippen molar-refractivity contribution < 1.29 is 14.1 Å². The predicted octanol–water partition coefficient (Wildman–Crippen LogP) is 2.89. The van der Waals surface area contributed by atoms with Crippen LogP contribution in [0.2, 0.25) is 5.02 Å². The molecular formula is C16H16ClN3O3. The van der Waals surface area contributed by atoms with Crippen molar-refractivity contribution in [1.82, 2.24) is 15.0 Å². The number of hydrogen-bond donors (Lipinski definition) is 0. The maximum atomic E-state index is 12.5. The molecule has 7 heteroatoms. The van der Waals surface area contributed by atoms with E-state index in [1.165, 1.54) is 0 Å². The number of hydrogen-bond acceptors (Lipinski definition) is 5. The first-order valence-electron chi connectivity index (χ1n) is 7.73. The Labute approximate surface area is 138 Å². The molecule has 0 N–H and O–H groups in total. The second-order valence-corrected chi connectivity index (χ2v) is 6.38. The van der Waals surface area contributed by atoms with E-state index in [4.69, 9.17) is 20.9 Å². The van der Waals surface area contributed by atoms with Crippen LogP contribution in [0, 0.1) is 0 Å². The van der Waals surface area contributed by atoms with Crippen molar-refractivity contribution in [2.45, 2.75) is 31.3 Å². The summed E-state index contributed by atoms with van der Waals surface area (Å²) in [5, 5.41) is 4.38. The highest BCUT2D eigenvalue weighted by atomic mass is 35.5. The third-order valence-electron chi connectivity index (χ3n) is 4.19. The predicted molar refractivity (Wildman–Crippen MR) is 82.7 cm³/mol. The Morgan fingerprint density at radius 1 is 1.39 bits per heavy atom. The van der Waals surface area contributed by atoms with Gasteiger partial charge in [-0.05, 0) is 12.8 Å². The van der Waals surface area contributed by atoms with Crippen LogP contribution in [-0.2, 0) is 0 Å². The molecule has 1 atom stereocenters. The highest BCUT2D eigenvalue weighted by molar-refractivity contribution is 6.31. The van der Waals surface area contributed by atoms with Crippen LogP contribution >= 0.6 is 11.6 Å². The van der Waals surface area contributed by atoms with Crippen molar-refractivity contribution in [3.63, 3.8) is 0 Å². The van der Waals surface area contributed by atoms with Gasteiger partial charge in [0.2, 0.25) is 0 Å². The van der Waals surface area contributed by atoms with E-state index in [1.54, 1.807) is 29.4 Å². The summed E-state index contributed by atoms with van der Waals surface area (Å²) >= 11 is 6.05. The number of aromatic nitrogens is 2. The van der Waals surface area contributed by atoms with Gasteiger partial charge in [-0.3, -0.25) is 9.78 Å². The minimum absolute atomic E-state index is 0.0753. The average Bonchev–Trinajstić information content (AvgIpc) is 3.11. The fourth-order valence-electron chi connectivity index (χ4n) is 2.76. The summed E-state index contributed by atoms with van der Waals surface area (Å²) in [5.41, 5.74) is 0.384. The maximum Gasteiger partial charge on any atom is 0.276 e. The van der Waals surface area contributed by atoms with Crippen molar-refractivity contribution >= 4 is 17.5 Å². The van der Waals surface area contributed by atoms with Gasteiger partial charge in [-0.2, -0.15) is 0 Å². The number of halogens is 1. The number of nitrogens with zero attached hydrogens (tertiary/aromatic N) is 3. The zero-order chi connectivity index (χ0) is 15.8. The zero-order valence-electron chi connectivity index (χ0n) is 12.4. The van der Waals surface area contributed by atoms with Crippen LogP contribution in [0.25, 0.3) is 0 Å². The normalized spacial score (nSPS) is 20.7. The average molecular weight is 334 g/mol. The number of carbonyl (C=O) groups excluding carboxylic acids is 1. The van der Waals surface area contributed by atoms with E-state index in [1.807, 2.05) is 0 Å². The summed E-state index contributed by atoms with van der Waals surface area (Å²) in [6.45, 7) is 1.15. The minimum Gasteiger partial charge on any atom is -0.487 e. The fourth-order valence-corrected chi connectivity index (χ4v) is 2.92. The van der Waals surface area contributed by atoms with Crippen LogP contribution < -0.4 is 4.74 Å². The second kappa shape index (κ2) is 5.85. The summed E-state index contributed by atoms with van der Waals surface area (Å²) in [6.07, 6.45) is 6.10. The van der Waals surface area contributed by atoms with Crippen molar-refractivity contribution in [2.75, 3.05) is 13.1 Å². The van der Waals surface area contributed by atoms with Gasteiger partial charge in [0.1, 0.15) is 22.6 Å². The van der Waals surface area contributed by atoms with E-state index < -0.39 is 0 Å². The standard InChI is InChI=1S/C16H16ClN3O3/c17-12-8-18-5-3-14(12)22-11-4-6-20(9-11)16(21)13-7-15(23-19-13)10-1-2-10/h3,5,7-8,10-11H,1-2,4,6,9H2/t11-/m0/s1. The Balaban J connectivity index is 1.39. The molecule has 1 amide bonds. The van der Waals surface area contributed by atoms with Crippen molar-refractivity contribution in [3.8, 4) is 5.75 Å². The van der Waals surface area contributed by atoms with Crippen LogP contribution in [-0.4, -0.2) is 40.1 Å². The van der Waals surface area contributed by atoms with E-state index in [9.17, 15) is 4.79 Å². The van der Waals surface area contributed by atoms with Crippen molar-refractivity contribution in [3.05, 3.63) is 41.0 Å². The molecule has 2 aromatic heterocycles. The topological polar surface area (TPSA) is 68.5 Å². The third-order valence-corrected chi connectivity index (χ3v) is 4.47. The van der Waals surface area contributed by atoms with Gasteiger partial charge in [0.25, 0.3) is 5.91 Å². The van der Waals surface area contributed by atoms with Crippen LogP contribution in [0.4, 0.5) is 0 Å². The maximum absolute atomic E-state index is 12.5. The summed E-state index contributed by atoms with van der Waals surface area (Å²) < 4.78 is 11.1. The first-order valence-corrected chi connectivity index (χ1v) is 8.10. The van der Waals surface area contributed by atoms with Gasteiger partial charge in [0.15, 0.2) is 5.69 Å². The number of pyridine rings is 1. The molecule has 2 aromatic rings. The highest BCUT2D eigenvalue weighted by Gasteiger charge is 2.33. The molecule has 0 radical (unpaired) electrons. The van der Waals surface area contributed by atoms with Crippen LogP contribution in [0.15, 0.2) is 29.0 Å². The molecule has 2 aliphatic rings. The molecule has 23 heavy (non-hydrogen) atoms. The number of amides is 1. The van der Waals surface area contributed by atoms with E-state index in [2.05, 4.69) is 10.1 Å². The lowest BCUT2D eigenvalue weighted by molar-refractivity contribution is 0.0762. The first kappa shape index (κ1) is 14.5. The Kier molecular flexibility index (Phi) is 3.69. The van der Waals surface area contributed by atoms with E-state index in [-0.39, 0.29) is 12.0 Å². The van der Waals surface area contributed by atoms with Gasteiger partial charge >= 0.3 is 0 Å². The van der Waals surface area contributed by atoms with Gasteiger partial charge in [-0.1, -0.05) is 16.8 Å². The molecule has 0 unspecified atom stereocenters. The number of likely N-dealkylation sites (tertiary alicyclic amines) is 1. The van der Waals surface area contributed by atoms with E-state index in [0.29, 0.717) is 35.5 Å². The smallest absolute Gasteiger partial charge is 0.276 e. The summed E-state index contributed by atoms with van der Waals surface area (Å²) in [7, 11) is 0. The highest BCUT2D eigenvalue weighted by Crippen LogP contribution is 2.40. The van der Waals surface area contributed by atoms with Gasteiger partial charge in [-0.25, -0.2) is 0 Å². The molecule has 1 saturated heterocycles. The lowest BCUT2D eigenvalue weighted by Crippen LogP contribution is -2.31. The molecule has 2 fully saturated rings. The van der Waals surface area contributed by atoms with Crippen molar-refractivity contribution in [2.24, 2.45) is 0 Å². The Morgan fingerprint density at radius 2 is 2.26 bits per heavy atom. The molecule has 0 aromatic carbocycles. The molecule has 120 valence electrons. The van der Waals surface area contributed by atoms with Crippen LogP contribution in [0.1, 0.15) is 41.4 Å². The molecule has 0 bridgehead atoms. The third kappa shape index (κ3) is 3.03. The molecule has 1 saturated carbocycles. The molecule has 3 heterocycles. The Bertz CT molecular complexity index is 729. The largest absolute Gasteiger partial charge is 0.487 e. The van der Waals surface area contributed by atoms with Crippen molar-refractivity contribution in [1.29, 1.82) is 0 Å². The van der Waals surface area contributed by atoms with Crippen LogP contribution in [0.5, 0.6) is 5.75 Å². The SMILES string of the molecule is O=C(c1cc(C2CC2)on1)N1CC[C@H](Oc2ccncc2Cl)C1. The Hall–Kier alpha value is -2.08. The lowest BCUT2D eigenvalue weighted by atomic mass is 10.2. The molecule has 4 rings (SSSR count). The molecule has 1 aliphatic heterocycles. The molecule has 0 spiro atoms. The number of carbonyl (C=O) groups is 1. The van der Waals surface area contributed by atoms with Gasteiger partial charge < -0.3 is 14.2 Å². The summed E-state index contributed by atoms with van der Waals surface area (Å²) in [4.78, 5) is 18.2. The summed E-state index contributed by atoms with van der Waals surface area (Å²) in [6, 6.07) is 3.50. The first-order chi connectivity index (χ1) is 11.2. The molecule has 1 aliphatic carbocycles. The zero-order valence-corrected chi connectivity index (χ0v) is 13.2. The van der Waals surface area contributed by atoms with Gasteiger partial charge in [0, 0.05) is 43.4 Å². The minimum atomic E-state index is -0.104. The summed E-state index contributed by atoms with van der Waals surface area (Å²) in [5.74, 6) is 1.77. The van der Waals surface area contributed by atoms with Gasteiger partial charge in [-0.15, -0.1) is 0 Å². The lowest BCUT2D eigenvalue weighted by Gasteiger charge is -2.16. The monoisotopic (exact) mass is 333 g/mol. The quantitative estimate of drug-likeness (QED) is 0.860. The fraction of sp³-hybridized carbons (Fsp3) is 0.438. The Morgan fingerprint density at radius 3 is 3.04 bits per heavy atom. The molecule has 6 nitrogen and oxygen atoms in total. The van der Waals surface area contributed by atoms with E-state index in [0.717, 1.165) is 25.0 Å². The van der Waals surface area contributed by atoms with E-state index >= 15 is 0 Å².